The largest absolute Gasteiger partial charge is 0.478 e. The fourth-order valence-corrected chi connectivity index (χ4v) is 2.31. The molecule has 1 heterocycles. The Morgan fingerprint density at radius 1 is 1.30 bits per heavy atom. The summed E-state index contributed by atoms with van der Waals surface area (Å²) in [6.45, 7) is 4.26. The van der Waals surface area contributed by atoms with Gasteiger partial charge in [0, 0.05) is 12.2 Å². The number of hydrogen-bond acceptors (Lipinski definition) is 2. The molecule has 108 valence electrons. The summed E-state index contributed by atoms with van der Waals surface area (Å²) >= 11 is 0. The summed E-state index contributed by atoms with van der Waals surface area (Å²) in [5, 5.41) is 8.83. The van der Waals surface area contributed by atoms with Crippen LogP contribution in [0.25, 0.3) is 0 Å². The molecule has 1 N–H and O–H groups in total. The van der Waals surface area contributed by atoms with Gasteiger partial charge in [0.25, 0.3) is 0 Å². The molecule has 1 saturated heterocycles. The Morgan fingerprint density at radius 3 is 2.55 bits per heavy atom. The van der Waals surface area contributed by atoms with Gasteiger partial charge >= 0.3 is 12.1 Å². The van der Waals surface area contributed by atoms with Gasteiger partial charge in [0.05, 0.1) is 16.8 Å². The van der Waals surface area contributed by atoms with E-state index in [1.54, 1.807) is 0 Å². The van der Waals surface area contributed by atoms with Crippen LogP contribution in [0.15, 0.2) is 30.5 Å². The molecule has 2 rings (SSSR count). The summed E-state index contributed by atoms with van der Waals surface area (Å²) < 4.78 is 39.4. The minimum absolute atomic E-state index is 0.0211. The number of rotatable bonds is 2. The van der Waals surface area contributed by atoms with E-state index in [9.17, 15) is 18.0 Å². The van der Waals surface area contributed by atoms with Crippen molar-refractivity contribution in [2.24, 2.45) is 0 Å². The van der Waals surface area contributed by atoms with Crippen molar-refractivity contribution in [2.45, 2.75) is 25.4 Å². The molecule has 1 aliphatic heterocycles. The van der Waals surface area contributed by atoms with E-state index in [0.29, 0.717) is 24.7 Å². The molecule has 1 aliphatic rings. The molecule has 1 aromatic carbocycles. The van der Waals surface area contributed by atoms with Crippen molar-refractivity contribution < 1.29 is 23.1 Å². The van der Waals surface area contributed by atoms with Gasteiger partial charge in [-0.05, 0) is 37.5 Å². The molecule has 0 radical (unpaired) electrons. The zero-order valence-corrected chi connectivity index (χ0v) is 10.7. The predicted molar refractivity (Wildman–Crippen MR) is 68.7 cm³/mol. The number of nitrogens with zero attached hydrogens (tertiary/aromatic N) is 1. The number of carboxylic acid groups (broad SMARTS) is 1. The number of aromatic carboxylic acids is 1. The number of benzene rings is 1. The SMILES string of the molecule is C=C1CCCCN1c1ccc(C(=O)O)cc1C(F)(F)F. The van der Waals surface area contributed by atoms with Crippen molar-refractivity contribution in [3.8, 4) is 0 Å². The fraction of sp³-hybridized carbons (Fsp3) is 0.357. The first kappa shape index (κ1) is 14.4. The van der Waals surface area contributed by atoms with Gasteiger partial charge in [-0.3, -0.25) is 0 Å². The molecule has 1 fully saturated rings. The molecule has 0 saturated carbocycles. The lowest BCUT2D eigenvalue weighted by Crippen LogP contribution is -2.29. The summed E-state index contributed by atoms with van der Waals surface area (Å²) in [7, 11) is 0. The molecule has 3 nitrogen and oxygen atoms in total. The first-order valence-corrected chi connectivity index (χ1v) is 6.20. The van der Waals surface area contributed by atoms with Crippen molar-refractivity contribution in [3.05, 3.63) is 41.6 Å². The van der Waals surface area contributed by atoms with Crippen LogP contribution in [0.3, 0.4) is 0 Å². The number of carbonyl (C=O) groups is 1. The maximum absolute atomic E-state index is 13.1. The number of alkyl halides is 3. The van der Waals surface area contributed by atoms with Crippen molar-refractivity contribution in [1.82, 2.24) is 0 Å². The zero-order valence-electron chi connectivity index (χ0n) is 10.7. The molecule has 0 amide bonds. The molecule has 20 heavy (non-hydrogen) atoms. The average Bonchev–Trinajstić information content (AvgIpc) is 2.37. The molecule has 1 aromatic rings. The van der Waals surface area contributed by atoms with Crippen LogP contribution >= 0.6 is 0 Å². The quantitative estimate of drug-likeness (QED) is 0.895. The summed E-state index contributed by atoms with van der Waals surface area (Å²) in [4.78, 5) is 12.4. The first-order chi connectivity index (χ1) is 9.30. The second-order valence-corrected chi connectivity index (χ2v) is 4.71. The highest BCUT2D eigenvalue weighted by Gasteiger charge is 2.36. The summed E-state index contributed by atoms with van der Waals surface area (Å²) in [5.41, 5.74) is -0.693. The van der Waals surface area contributed by atoms with E-state index in [4.69, 9.17) is 5.11 Å². The highest BCUT2D eigenvalue weighted by molar-refractivity contribution is 5.88. The van der Waals surface area contributed by atoms with Gasteiger partial charge in [0.15, 0.2) is 0 Å². The number of carboxylic acids is 1. The third-order valence-corrected chi connectivity index (χ3v) is 3.32. The van der Waals surface area contributed by atoms with E-state index in [1.807, 2.05) is 0 Å². The molecule has 0 atom stereocenters. The third-order valence-electron chi connectivity index (χ3n) is 3.32. The monoisotopic (exact) mass is 285 g/mol. The minimum Gasteiger partial charge on any atom is -0.478 e. The van der Waals surface area contributed by atoms with Crippen LogP contribution < -0.4 is 4.90 Å². The lowest BCUT2D eigenvalue weighted by Gasteiger charge is -2.33. The van der Waals surface area contributed by atoms with Crippen molar-refractivity contribution >= 4 is 11.7 Å². The van der Waals surface area contributed by atoms with Gasteiger partial charge < -0.3 is 10.0 Å². The number of piperidine rings is 1. The highest BCUT2D eigenvalue weighted by Crippen LogP contribution is 2.39. The van der Waals surface area contributed by atoms with Crippen molar-refractivity contribution in [3.63, 3.8) is 0 Å². The van der Waals surface area contributed by atoms with Gasteiger partial charge in [-0.1, -0.05) is 6.58 Å². The second kappa shape index (κ2) is 5.19. The van der Waals surface area contributed by atoms with Crippen LogP contribution in [0.2, 0.25) is 0 Å². The van der Waals surface area contributed by atoms with E-state index in [2.05, 4.69) is 6.58 Å². The smallest absolute Gasteiger partial charge is 0.418 e. The zero-order chi connectivity index (χ0) is 14.9. The van der Waals surface area contributed by atoms with Crippen LogP contribution in [-0.2, 0) is 6.18 Å². The number of allylic oxidation sites excluding steroid dienone is 1. The molecule has 0 bridgehead atoms. The fourth-order valence-electron chi connectivity index (χ4n) is 2.31. The van der Waals surface area contributed by atoms with Gasteiger partial charge in [-0.2, -0.15) is 13.2 Å². The van der Waals surface area contributed by atoms with E-state index in [0.717, 1.165) is 12.8 Å². The van der Waals surface area contributed by atoms with Gasteiger partial charge in [0.1, 0.15) is 0 Å². The molecule has 0 spiro atoms. The predicted octanol–water partition coefficient (Wildman–Crippen LogP) is 3.91. The summed E-state index contributed by atoms with van der Waals surface area (Å²) in [5.74, 6) is -1.38. The average molecular weight is 285 g/mol. The van der Waals surface area contributed by atoms with Gasteiger partial charge in [0.2, 0.25) is 0 Å². The van der Waals surface area contributed by atoms with Crippen LogP contribution in [0.1, 0.15) is 35.2 Å². The minimum atomic E-state index is -4.60. The maximum atomic E-state index is 13.1. The van der Waals surface area contributed by atoms with E-state index in [1.165, 1.54) is 17.0 Å². The van der Waals surface area contributed by atoms with Crippen LogP contribution in [0.5, 0.6) is 0 Å². The van der Waals surface area contributed by atoms with Crippen LogP contribution in [0, 0.1) is 0 Å². The van der Waals surface area contributed by atoms with Crippen LogP contribution in [-0.4, -0.2) is 17.6 Å². The van der Waals surface area contributed by atoms with Crippen molar-refractivity contribution in [2.75, 3.05) is 11.4 Å². The lowest BCUT2D eigenvalue weighted by atomic mass is 10.0. The normalized spacial score (nSPS) is 16.4. The Balaban J connectivity index is 2.51. The van der Waals surface area contributed by atoms with E-state index >= 15 is 0 Å². The molecular weight excluding hydrogens is 271 g/mol. The maximum Gasteiger partial charge on any atom is 0.418 e. The number of anilines is 1. The molecular formula is C14H14F3NO2. The van der Waals surface area contributed by atoms with Gasteiger partial charge in [-0.15, -0.1) is 0 Å². The molecule has 6 heteroatoms. The Kier molecular flexibility index (Phi) is 3.74. The van der Waals surface area contributed by atoms with Crippen molar-refractivity contribution in [1.29, 1.82) is 0 Å². The molecule has 0 aromatic heterocycles. The Hall–Kier alpha value is -1.98. The topological polar surface area (TPSA) is 40.5 Å². The standard InChI is InChI=1S/C14H14F3NO2/c1-9-4-2-3-7-18(9)12-6-5-10(13(19)20)8-11(12)14(15,16)17/h5-6,8H,1-4,7H2,(H,19,20). The van der Waals surface area contributed by atoms with Gasteiger partial charge in [-0.25, -0.2) is 4.79 Å². The number of hydrogen-bond donors (Lipinski definition) is 1. The van der Waals surface area contributed by atoms with E-state index < -0.39 is 17.7 Å². The molecule has 0 aliphatic carbocycles. The Labute approximate surface area is 114 Å². The second-order valence-electron chi connectivity index (χ2n) is 4.71. The Morgan fingerprint density at radius 2 is 2.00 bits per heavy atom. The summed E-state index contributed by atoms with van der Waals surface area (Å²) in [6, 6.07) is 3.08. The first-order valence-electron chi connectivity index (χ1n) is 6.20. The number of halogens is 3. The van der Waals surface area contributed by atoms with Crippen LogP contribution in [0.4, 0.5) is 18.9 Å². The lowest BCUT2D eigenvalue weighted by molar-refractivity contribution is -0.137. The highest BCUT2D eigenvalue weighted by atomic mass is 19.4. The third kappa shape index (κ3) is 2.79. The Bertz CT molecular complexity index is 552. The molecule has 0 unspecified atom stereocenters. The summed E-state index contributed by atoms with van der Waals surface area (Å²) in [6.07, 6.45) is -2.25. The van der Waals surface area contributed by atoms with E-state index in [-0.39, 0.29) is 11.3 Å².